The topological polar surface area (TPSA) is 78.6 Å². The predicted octanol–water partition coefficient (Wildman–Crippen LogP) is 2.45. The molecule has 33 heavy (non-hydrogen) atoms. The number of aliphatic hydroxyl groups excluding tert-OH is 1. The summed E-state index contributed by atoms with van der Waals surface area (Å²) in [5, 5.41) is 12.3. The normalized spacial score (nSPS) is 16.1. The summed E-state index contributed by atoms with van der Waals surface area (Å²) in [4.78, 5) is 18.6. The summed E-state index contributed by atoms with van der Waals surface area (Å²) >= 11 is 1.75. The summed E-state index contributed by atoms with van der Waals surface area (Å²) in [6.07, 6.45) is 4.66. The molecule has 0 aliphatic carbocycles. The second-order valence-corrected chi connectivity index (χ2v) is 9.56. The summed E-state index contributed by atoms with van der Waals surface area (Å²) in [5.41, 5.74) is 4.42. The third kappa shape index (κ3) is 5.33. The highest BCUT2D eigenvalue weighted by Crippen LogP contribution is 2.31. The SMILES string of the molecule is CNCc1cccnc1N1CC(O)C1.Cc1c(SN2CCn3cccc3C2)cc(C=O)n1C. The molecule has 0 bridgehead atoms. The first-order valence-corrected chi connectivity index (χ1v) is 12.0. The van der Waals surface area contributed by atoms with E-state index in [0.717, 1.165) is 49.7 Å². The Morgan fingerprint density at radius 1 is 1.27 bits per heavy atom. The molecule has 5 rings (SSSR count). The van der Waals surface area contributed by atoms with Crippen molar-refractivity contribution in [2.75, 3.05) is 31.6 Å². The fourth-order valence-corrected chi connectivity index (χ4v) is 5.17. The van der Waals surface area contributed by atoms with Crippen molar-refractivity contribution in [3.05, 3.63) is 65.4 Å². The lowest BCUT2D eigenvalue weighted by atomic mass is 10.1. The molecule has 0 radical (unpaired) electrons. The number of fused-ring (bicyclic) bond motifs is 1. The first kappa shape index (κ1) is 23.6. The number of aliphatic hydroxyl groups is 1. The lowest BCUT2D eigenvalue weighted by molar-refractivity contribution is 0.111. The van der Waals surface area contributed by atoms with Crippen LogP contribution in [0, 0.1) is 6.92 Å². The van der Waals surface area contributed by atoms with Gasteiger partial charge in [0, 0.05) is 80.6 Å². The van der Waals surface area contributed by atoms with E-state index in [1.165, 1.54) is 16.2 Å². The molecule has 0 spiro atoms. The van der Waals surface area contributed by atoms with Crippen molar-refractivity contribution >= 4 is 24.1 Å². The number of hydrogen-bond acceptors (Lipinski definition) is 7. The van der Waals surface area contributed by atoms with E-state index in [4.69, 9.17) is 0 Å². The molecule has 3 aromatic heterocycles. The highest BCUT2D eigenvalue weighted by molar-refractivity contribution is 7.97. The van der Waals surface area contributed by atoms with Gasteiger partial charge in [0.2, 0.25) is 0 Å². The van der Waals surface area contributed by atoms with E-state index in [-0.39, 0.29) is 6.10 Å². The molecule has 2 aliphatic heterocycles. The zero-order valence-electron chi connectivity index (χ0n) is 19.4. The molecule has 0 amide bonds. The number of hydrogen-bond donors (Lipinski definition) is 2. The van der Waals surface area contributed by atoms with E-state index >= 15 is 0 Å². The Bertz CT molecular complexity index is 1090. The van der Waals surface area contributed by atoms with E-state index < -0.39 is 0 Å². The van der Waals surface area contributed by atoms with Crippen molar-refractivity contribution in [2.45, 2.75) is 37.6 Å². The van der Waals surface area contributed by atoms with Crippen LogP contribution in [0.2, 0.25) is 0 Å². The van der Waals surface area contributed by atoms with E-state index in [2.05, 4.69) is 55.4 Å². The van der Waals surface area contributed by atoms with Crippen LogP contribution in [0.1, 0.15) is 27.4 Å². The van der Waals surface area contributed by atoms with Crippen molar-refractivity contribution in [3.8, 4) is 0 Å². The van der Waals surface area contributed by atoms with Crippen LogP contribution in [0.4, 0.5) is 5.82 Å². The van der Waals surface area contributed by atoms with Gasteiger partial charge >= 0.3 is 0 Å². The number of nitrogens with zero attached hydrogens (tertiary/aromatic N) is 5. The Balaban J connectivity index is 0.000000165. The van der Waals surface area contributed by atoms with Crippen LogP contribution in [0.5, 0.6) is 0 Å². The van der Waals surface area contributed by atoms with Gasteiger partial charge in [0.05, 0.1) is 11.8 Å². The largest absolute Gasteiger partial charge is 0.389 e. The van der Waals surface area contributed by atoms with E-state index in [0.29, 0.717) is 13.1 Å². The smallest absolute Gasteiger partial charge is 0.166 e. The van der Waals surface area contributed by atoms with Crippen LogP contribution < -0.4 is 10.2 Å². The van der Waals surface area contributed by atoms with Crippen LogP contribution in [-0.4, -0.2) is 62.6 Å². The van der Waals surface area contributed by atoms with E-state index in [1.807, 2.05) is 30.8 Å². The molecule has 1 saturated heterocycles. The maximum Gasteiger partial charge on any atom is 0.166 e. The highest BCUT2D eigenvalue weighted by Gasteiger charge is 2.26. The Kier molecular flexibility index (Phi) is 7.54. The van der Waals surface area contributed by atoms with Crippen LogP contribution in [0.3, 0.4) is 0 Å². The van der Waals surface area contributed by atoms with Crippen molar-refractivity contribution < 1.29 is 9.90 Å². The number of aldehydes is 1. The van der Waals surface area contributed by atoms with Crippen molar-refractivity contribution in [1.29, 1.82) is 0 Å². The van der Waals surface area contributed by atoms with Gasteiger partial charge in [0.1, 0.15) is 5.82 Å². The van der Waals surface area contributed by atoms with Gasteiger partial charge in [-0.3, -0.25) is 4.79 Å². The molecule has 0 atom stereocenters. The summed E-state index contributed by atoms with van der Waals surface area (Å²) in [6, 6.07) is 10.2. The molecule has 1 fully saturated rings. The first-order valence-electron chi connectivity index (χ1n) is 11.2. The van der Waals surface area contributed by atoms with Crippen LogP contribution in [0.15, 0.2) is 47.6 Å². The fraction of sp³-hybridized carbons (Fsp3) is 0.417. The van der Waals surface area contributed by atoms with Gasteiger partial charge < -0.3 is 24.5 Å². The van der Waals surface area contributed by atoms with Gasteiger partial charge in [0.15, 0.2) is 6.29 Å². The quantitative estimate of drug-likeness (QED) is 0.425. The number of pyridine rings is 1. The molecule has 8 nitrogen and oxygen atoms in total. The van der Waals surface area contributed by atoms with Crippen molar-refractivity contribution in [3.63, 3.8) is 0 Å². The third-order valence-corrected chi connectivity index (χ3v) is 7.30. The number of rotatable bonds is 6. The number of nitrogens with one attached hydrogen (secondary N) is 1. The maximum atomic E-state index is 11.0. The molecule has 9 heteroatoms. The monoisotopic (exact) mass is 468 g/mol. The molecule has 176 valence electrons. The fourth-order valence-electron chi connectivity index (χ4n) is 4.08. The number of β-amino-alcohol motifs (C(OH)–C–C–N with tert-alkyl or cyclic N) is 1. The second kappa shape index (κ2) is 10.6. The summed E-state index contributed by atoms with van der Waals surface area (Å²) < 4.78 is 6.60. The average molecular weight is 469 g/mol. The third-order valence-electron chi connectivity index (χ3n) is 6.12. The Morgan fingerprint density at radius 3 is 2.79 bits per heavy atom. The van der Waals surface area contributed by atoms with Gasteiger partial charge in [-0.1, -0.05) is 6.07 Å². The molecule has 0 saturated carbocycles. The van der Waals surface area contributed by atoms with Gasteiger partial charge in [-0.05, 0) is 50.2 Å². The number of carbonyl (C=O) groups excluding carboxylic acids is 1. The average Bonchev–Trinajstić information content (AvgIpc) is 3.38. The molecular weight excluding hydrogens is 436 g/mol. The second-order valence-electron chi connectivity index (χ2n) is 8.42. The molecule has 0 unspecified atom stereocenters. The summed E-state index contributed by atoms with van der Waals surface area (Å²) in [7, 11) is 3.85. The predicted molar refractivity (Wildman–Crippen MR) is 131 cm³/mol. The minimum absolute atomic E-state index is 0.181. The molecule has 3 aromatic rings. The van der Waals surface area contributed by atoms with Gasteiger partial charge in [-0.2, -0.15) is 0 Å². The minimum atomic E-state index is -0.181. The molecule has 0 aromatic carbocycles. The standard InChI is InChI=1S/C14H17N3OS.C10H15N3O/c1-11-14(8-13(10-18)15(11)2)19-17-7-6-16-5-3-4-12(16)9-17;1-11-5-8-3-2-4-12-10(8)13-6-9(14)7-13/h3-5,8,10H,6-7,9H2,1-2H3;2-4,9,11,14H,5-7H2,1H3. The molecule has 2 aliphatic rings. The highest BCUT2D eigenvalue weighted by atomic mass is 32.2. The molecule has 5 heterocycles. The number of carbonyl (C=O) groups is 1. The van der Waals surface area contributed by atoms with Crippen LogP contribution in [-0.2, 0) is 26.7 Å². The van der Waals surface area contributed by atoms with Crippen molar-refractivity contribution in [1.82, 2.24) is 23.7 Å². The van der Waals surface area contributed by atoms with Gasteiger partial charge in [-0.25, -0.2) is 9.29 Å². The van der Waals surface area contributed by atoms with Crippen LogP contribution in [0.25, 0.3) is 0 Å². The van der Waals surface area contributed by atoms with Crippen molar-refractivity contribution in [2.24, 2.45) is 7.05 Å². The lowest BCUT2D eigenvalue weighted by Crippen LogP contribution is -2.51. The van der Waals surface area contributed by atoms with Crippen LogP contribution >= 0.6 is 11.9 Å². The molecular formula is C24H32N6O2S. The number of anilines is 1. The first-order chi connectivity index (χ1) is 16.0. The van der Waals surface area contributed by atoms with E-state index in [9.17, 15) is 9.90 Å². The summed E-state index contributed by atoms with van der Waals surface area (Å²) in [6.45, 7) is 7.28. The number of aromatic nitrogens is 3. The maximum absolute atomic E-state index is 11.0. The molecule has 2 N–H and O–H groups in total. The Labute approximate surface area is 199 Å². The minimum Gasteiger partial charge on any atom is -0.389 e. The zero-order chi connectivity index (χ0) is 23.4. The zero-order valence-corrected chi connectivity index (χ0v) is 20.3. The Hall–Kier alpha value is -2.59. The van der Waals surface area contributed by atoms with Gasteiger partial charge in [0.25, 0.3) is 0 Å². The van der Waals surface area contributed by atoms with E-state index in [1.54, 1.807) is 18.1 Å². The lowest BCUT2D eigenvalue weighted by Gasteiger charge is -2.37. The van der Waals surface area contributed by atoms with Gasteiger partial charge in [-0.15, -0.1) is 0 Å². The Morgan fingerprint density at radius 2 is 2.09 bits per heavy atom. The summed E-state index contributed by atoms with van der Waals surface area (Å²) in [5.74, 6) is 0.993.